The Morgan fingerprint density at radius 1 is 1.06 bits per heavy atom. The Kier molecular flexibility index (Phi) is 0.968. The zero-order valence-electron chi connectivity index (χ0n) is 22.5. The summed E-state index contributed by atoms with van der Waals surface area (Å²) in [5.41, 5.74) is -7.66. The summed E-state index contributed by atoms with van der Waals surface area (Å²) in [6, 6.07) is 3.54. The summed E-state index contributed by atoms with van der Waals surface area (Å²) in [6.45, 7) is -14.3. The maximum absolute atomic E-state index is 13.6. The second kappa shape index (κ2) is 3.56. The lowest BCUT2D eigenvalue weighted by Gasteiger charge is -2.32. The molecule has 0 bridgehead atoms. The van der Waals surface area contributed by atoms with Gasteiger partial charge >= 0.3 is 0 Å². The van der Waals surface area contributed by atoms with Gasteiger partial charge in [-0.05, 0) is 44.6 Å². The molecule has 0 N–H and O–H groups in total. The molecule has 2 rings (SSSR count). The minimum atomic E-state index is -3.57. The number of hydrogen-bond acceptors (Lipinski definition) is 1. The van der Waals surface area contributed by atoms with Crippen LogP contribution in [0.5, 0.6) is 0 Å². The van der Waals surface area contributed by atoms with Gasteiger partial charge in [0.25, 0.3) is 0 Å². The molecule has 1 aliphatic heterocycles. The number of rotatable bonds is 1. The van der Waals surface area contributed by atoms with Gasteiger partial charge in [0.1, 0.15) is 5.69 Å². The summed E-state index contributed by atoms with van der Waals surface area (Å²) >= 11 is 0. The first-order valence-corrected chi connectivity index (χ1v) is 5.43. The van der Waals surface area contributed by atoms with E-state index in [2.05, 4.69) is 0 Å². The van der Waals surface area contributed by atoms with E-state index in [-0.39, 0.29) is 4.48 Å². The van der Waals surface area contributed by atoms with E-state index < -0.39 is 54.7 Å². The lowest BCUT2D eigenvalue weighted by atomic mass is 9.90. The molecule has 3 nitrogen and oxygen atoms in total. The molecule has 3 heteroatoms. The fraction of sp³-hybridized carbons (Fsp3) is 0.600. The van der Waals surface area contributed by atoms with Gasteiger partial charge in [0, 0.05) is 22.5 Å². The number of quaternary nitrogens is 1. The van der Waals surface area contributed by atoms with Gasteiger partial charge in [0.05, 0.1) is 32.2 Å². The Balaban J connectivity index is 3.23. The maximum atomic E-state index is 13.6. The number of hydroxylamine groups is 2. The SMILES string of the molecule is [2H]C([2H])([2H])C1(C([2H])([2H])[2H])c2ccc([N+](C)(C)C)cc2C(C([2H])([2H])[2H])(C([2H])([2H])[2H])N1[O]. The molecule has 99 valence electrons. The Morgan fingerprint density at radius 3 is 2.11 bits per heavy atom. The van der Waals surface area contributed by atoms with Gasteiger partial charge in [-0.15, -0.1) is 10.3 Å². The summed E-state index contributed by atoms with van der Waals surface area (Å²) in [5, 5.41) is 12.9. The van der Waals surface area contributed by atoms with Gasteiger partial charge in [-0.1, -0.05) is 6.07 Å². The molecule has 1 radical (unpaired) electrons. The second-order valence-corrected chi connectivity index (χ2v) is 5.46. The second-order valence-electron chi connectivity index (χ2n) is 5.46. The van der Waals surface area contributed by atoms with Crippen molar-refractivity contribution in [2.24, 2.45) is 0 Å². The van der Waals surface area contributed by atoms with Gasteiger partial charge in [-0.2, -0.15) is 0 Å². The van der Waals surface area contributed by atoms with Crippen LogP contribution in [0.15, 0.2) is 18.2 Å². The van der Waals surface area contributed by atoms with Crippen LogP contribution in [-0.4, -0.2) is 26.2 Å². The molecule has 1 aliphatic rings. The maximum Gasteiger partial charge on any atom is 0.132 e. The van der Waals surface area contributed by atoms with Gasteiger partial charge in [0.15, 0.2) is 0 Å². The van der Waals surface area contributed by atoms with Crippen LogP contribution in [0.25, 0.3) is 0 Å². The third-order valence-electron chi connectivity index (χ3n) is 3.17. The highest BCUT2D eigenvalue weighted by atomic mass is 16.5. The lowest BCUT2D eigenvalue weighted by Crippen LogP contribution is -2.41. The smallest absolute Gasteiger partial charge is 0.132 e. The van der Waals surface area contributed by atoms with Gasteiger partial charge in [0.2, 0.25) is 0 Å². The minimum Gasteiger partial charge on any atom is -0.298 e. The zero-order valence-corrected chi connectivity index (χ0v) is 10.5. The molecule has 0 atom stereocenters. The van der Waals surface area contributed by atoms with Crippen LogP contribution in [0.3, 0.4) is 0 Å². The molecule has 0 saturated heterocycles. The van der Waals surface area contributed by atoms with Crippen molar-refractivity contribution in [1.82, 2.24) is 9.55 Å². The predicted molar refractivity (Wildman–Crippen MR) is 74.6 cm³/mol. The highest BCUT2D eigenvalue weighted by molar-refractivity contribution is 5.53. The molecule has 18 heavy (non-hydrogen) atoms. The van der Waals surface area contributed by atoms with E-state index in [1.807, 2.05) is 0 Å². The summed E-state index contributed by atoms with van der Waals surface area (Å²) in [5.74, 6) is 0. The van der Waals surface area contributed by atoms with Crippen molar-refractivity contribution in [3.8, 4) is 0 Å². The number of fused-ring (bicyclic) bond motifs is 1. The van der Waals surface area contributed by atoms with Crippen LogP contribution in [0.4, 0.5) is 5.69 Å². The first-order chi connectivity index (χ1) is 13.0. The Bertz CT molecular complexity index is 800. The predicted octanol–water partition coefficient (Wildman–Crippen LogP) is 3.01. The van der Waals surface area contributed by atoms with Gasteiger partial charge in [-0.25, -0.2) is 0 Å². The standard InChI is InChI=1S/C15H24N2O/c1-14(2)12-9-8-11(17(5,6)7)10-13(12)15(3,4)16(14)18/h8-10H,1-7H3/q+1/i1D3,2D3,3D3,4D3. The molecule has 0 amide bonds. The van der Waals surface area contributed by atoms with Gasteiger partial charge in [-0.3, -0.25) is 4.48 Å². The van der Waals surface area contributed by atoms with E-state index in [0.29, 0.717) is 5.69 Å². The molecule has 0 aliphatic carbocycles. The van der Waals surface area contributed by atoms with Crippen molar-refractivity contribution in [1.29, 1.82) is 0 Å². The van der Waals surface area contributed by atoms with E-state index in [0.717, 1.165) is 12.1 Å². The van der Waals surface area contributed by atoms with Gasteiger partial charge < -0.3 is 0 Å². The average Bonchev–Trinajstić information content (AvgIpc) is 2.69. The van der Waals surface area contributed by atoms with E-state index >= 15 is 0 Å². The van der Waals surface area contributed by atoms with Crippen LogP contribution in [-0.2, 0) is 16.3 Å². The van der Waals surface area contributed by atoms with E-state index in [4.69, 9.17) is 16.4 Å². The number of hydrogen-bond donors (Lipinski definition) is 0. The Hall–Kier alpha value is -0.900. The largest absolute Gasteiger partial charge is 0.298 e. The van der Waals surface area contributed by atoms with Crippen molar-refractivity contribution < 1.29 is 21.7 Å². The quantitative estimate of drug-likeness (QED) is 0.712. The average molecular weight is 260 g/mol. The highest BCUT2D eigenvalue weighted by Gasteiger charge is 2.50. The summed E-state index contributed by atoms with van der Waals surface area (Å²) in [7, 11) is 5.08. The van der Waals surface area contributed by atoms with Crippen LogP contribution < -0.4 is 4.48 Å². The molecule has 0 aromatic heterocycles. The van der Waals surface area contributed by atoms with Crippen molar-refractivity contribution >= 4 is 5.69 Å². The molecule has 1 heterocycles. The molecule has 0 spiro atoms. The van der Waals surface area contributed by atoms with Crippen molar-refractivity contribution in [3.05, 3.63) is 29.3 Å². The summed E-state index contributed by atoms with van der Waals surface area (Å²) in [4.78, 5) is 0. The number of benzene rings is 1. The molecule has 1 aromatic carbocycles. The van der Waals surface area contributed by atoms with E-state index in [1.165, 1.54) is 6.07 Å². The summed E-state index contributed by atoms with van der Waals surface area (Å²) in [6.07, 6.45) is 0. The monoisotopic (exact) mass is 260 g/mol. The molecule has 1 aromatic rings. The van der Waals surface area contributed by atoms with Crippen molar-refractivity contribution in [2.45, 2.75) is 38.5 Å². The zero-order chi connectivity index (χ0) is 23.9. The molecule has 0 fully saturated rings. The Morgan fingerprint density at radius 2 is 1.61 bits per heavy atom. The first-order valence-electron chi connectivity index (χ1n) is 11.4. The molecular formula is C15H24N2O+. The lowest BCUT2D eigenvalue weighted by molar-refractivity contribution is -0.266. The summed E-state index contributed by atoms with van der Waals surface area (Å²) < 4.78 is 95.4. The van der Waals surface area contributed by atoms with Crippen LogP contribution >= 0.6 is 0 Å². The highest BCUT2D eigenvalue weighted by Crippen LogP contribution is 2.49. The molecule has 0 saturated carbocycles. The third-order valence-corrected chi connectivity index (χ3v) is 3.17. The molecule has 0 unspecified atom stereocenters. The first kappa shape index (κ1) is 4.89. The Labute approximate surface area is 127 Å². The number of nitrogens with zero attached hydrogens (tertiary/aromatic N) is 2. The van der Waals surface area contributed by atoms with Crippen LogP contribution in [0.2, 0.25) is 0 Å². The topological polar surface area (TPSA) is 23.1 Å². The molecular weight excluding hydrogens is 224 g/mol. The van der Waals surface area contributed by atoms with Crippen molar-refractivity contribution in [2.75, 3.05) is 21.1 Å². The minimum absolute atomic E-state index is 0.0821. The fourth-order valence-electron chi connectivity index (χ4n) is 2.03. The van der Waals surface area contributed by atoms with E-state index in [9.17, 15) is 5.21 Å². The van der Waals surface area contributed by atoms with E-state index in [1.54, 1.807) is 21.1 Å². The third kappa shape index (κ3) is 1.69. The fourth-order valence-corrected chi connectivity index (χ4v) is 2.03. The van der Waals surface area contributed by atoms with Crippen LogP contribution in [0.1, 0.15) is 55.0 Å². The van der Waals surface area contributed by atoms with Crippen LogP contribution in [0, 0.1) is 0 Å². The normalized spacial score (nSPS) is 34.7. The van der Waals surface area contributed by atoms with Crippen molar-refractivity contribution in [3.63, 3.8) is 0 Å².